The molecule has 2 saturated heterocycles. The third-order valence-corrected chi connectivity index (χ3v) is 6.66. The van der Waals surface area contributed by atoms with Crippen LogP contribution in [0.3, 0.4) is 0 Å². The van der Waals surface area contributed by atoms with Crippen molar-refractivity contribution in [3.8, 4) is 0 Å². The number of carbonyl (C=O) groups is 1. The Morgan fingerprint density at radius 1 is 1.38 bits per heavy atom. The standard InChI is InChI=1S/C19H23N3O3S/c1-12-5-4-6-15(20-12)8-24-16-7-19(26-9-16)10-22(11-19)18(23)17-13(2)21-25-14(17)3/h4-6,16H,7-11H2,1-3H3/t16-/m1/s1. The first-order chi connectivity index (χ1) is 12.5. The minimum atomic E-state index is 0.0285. The maximum atomic E-state index is 12.7. The molecule has 4 heterocycles. The summed E-state index contributed by atoms with van der Waals surface area (Å²) in [7, 11) is 0. The molecule has 0 saturated carbocycles. The van der Waals surface area contributed by atoms with E-state index in [9.17, 15) is 4.79 Å². The SMILES string of the molecule is Cc1cccc(CO[C@H]2CSC3(C2)CN(C(=O)c2c(C)noc2C)C3)n1. The lowest BCUT2D eigenvalue weighted by Crippen LogP contribution is -2.60. The molecule has 0 N–H and O–H groups in total. The van der Waals surface area contributed by atoms with Crippen LogP contribution < -0.4 is 0 Å². The van der Waals surface area contributed by atoms with E-state index < -0.39 is 0 Å². The van der Waals surface area contributed by atoms with E-state index in [1.807, 2.05) is 48.7 Å². The van der Waals surface area contributed by atoms with Crippen molar-refractivity contribution in [2.45, 2.75) is 44.6 Å². The lowest BCUT2D eigenvalue weighted by Gasteiger charge is -2.47. The van der Waals surface area contributed by atoms with E-state index in [4.69, 9.17) is 9.26 Å². The summed E-state index contributed by atoms with van der Waals surface area (Å²) in [6.45, 7) is 7.67. The summed E-state index contributed by atoms with van der Waals surface area (Å²) in [5.41, 5.74) is 3.26. The number of nitrogens with zero attached hydrogens (tertiary/aromatic N) is 3. The van der Waals surface area contributed by atoms with Gasteiger partial charge in [0.2, 0.25) is 0 Å². The number of aryl methyl sites for hydroxylation is 3. The van der Waals surface area contributed by atoms with Gasteiger partial charge in [0.1, 0.15) is 11.3 Å². The maximum absolute atomic E-state index is 12.7. The van der Waals surface area contributed by atoms with Crippen molar-refractivity contribution < 1.29 is 14.1 Å². The van der Waals surface area contributed by atoms with Gasteiger partial charge in [-0.25, -0.2) is 0 Å². The summed E-state index contributed by atoms with van der Waals surface area (Å²) < 4.78 is 11.3. The van der Waals surface area contributed by atoms with Gasteiger partial charge in [0.15, 0.2) is 0 Å². The highest BCUT2D eigenvalue weighted by atomic mass is 32.2. The van der Waals surface area contributed by atoms with Crippen LogP contribution in [-0.2, 0) is 11.3 Å². The van der Waals surface area contributed by atoms with Crippen molar-refractivity contribution in [3.63, 3.8) is 0 Å². The van der Waals surface area contributed by atoms with E-state index in [0.717, 1.165) is 36.7 Å². The van der Waals surface area contributed by atoms with Crippen molar-refractivity contribution >= 4 is 17.7 Å². The van der Waals surface area contributed by atoms with E-state index in [-0.39, 0.29) is 16.8 Å². The predicted octanol–water partition coefficient (Wildman–Crippen LogP) is 2.91. The summed E-state index contributed by atoms with van der Waals surface area (Å²) >= 11 is 1.93. The Labute approximate surface area is 157 Å². The summed E-state index contributed by atoms with van der Waals surface area (Å²) in [5, 5.41) is 3.88. The average Bonchev–Trinajstić information content (AvgIpc) is 3.15. The van der Waals surface area contributed by atoms with Crippen molar-refractivity contribution in [2.75, 3.05) is 18.8 Å². The molecule has 0 bridgehead atoms. The van der Waals surface area contributed by atoms with Crippen molar-refractivity contribution in [1.29, 1.82) is 0 Å². The molecule has 138 valence electrons. The van der Waals surface area contributed by atoms with E-state index in [1.54, 1.807) is 6.92 Å². The van der Waals surface area contributed by atoms with Crippen molar-refractivity contribution in [3.05, 3.63) is 46.6 Å². The largest absolute Gasteiger partial charge is 0.371 e. The van der Waals surface area contributed by atoms with Gasteiger partial charge in [0.25, 0.3) is 5.91 Å². The normalized spacial score (nSPS) is 21.2. The second kappa shape index (κ2) is 6.70. The first-order valence-corrected chi connectivity index (χ1v) is 9.85. The quantitative estimate of drug-likeness (QED) is 0.821. The number of amides is 1. The summed E-state index contributed by atoms with van der Waals surface area (Å²) in [5.74, 6) is 1.60. The van der Waals surface area contributed by atoms with Crippen LogP contribution in [0.5, 0.6) is 0 Å². The van der Waals surface area contributed by atoms with Crippen LogP contribution in [-0.4, -0.2) is 50.6 Å². The zero-order chi connectivity index (χ0) is 18.3. The van der Waals surface area contributed by atoms with Crippen LogP contribution in [0.15, 0.2) is 22.7 Å². The maximum Gasteiger partial charge on any atom is 0.259 e. The molecule has 0 aliphatic carbocycles. The molecule has 0 radical (unpaired) electrons. The van der Waals surface area contributed by atoms with Crippen LogP contribution in [0.25, 0.3) is 0 Å². The number of thioether (sulfide) groups is 1. The van der Waals surface area contributed by atoms with Gasteiger partial charge < -0.3 is 14.2 Å². The van der Waals surface area contributed by atoms with Gasteiger partial charge in [0.05, 0.1) is 28.8 Å². The summed E-state index contributed by atoms with van der Waals surface area (Å²) in [6.07, 6.45) is 1.20. The van der Waals surface area contributed by atoms with Gasteiger partial charge >= 0.3 is 0 Å². The Morgan fingerprint density at radius 2 is 2.19 bits per heavy atom. The molecule has 2 fully saturated rings. The molecule has 2 aromatic heterocycles. The molecule has 0 aromatic carbocycles. The molecule has 0 unspecified atom stereocenters. The third-order valence-electron chi connectivity index (χ3n) is 5.08. The molecule has 1 amide bonds. The highest BCUT2D eigenvalue weighted by molar-refractivity contribution is 8.01. The molecule has 26 heavy (non-hydrogen) atoms. The second-order valence-electron chi connectivity index (χ2n) is 7.26. The number of rotatable bonds is 4. The minimum absolute atomic E-state index is 0.0285. The molecule has 2 aliphatic heterocycles. The molecule has 1 spiro atoms. The number of likely N-dealkylation sites (tertiary alicyclic amines) is 1. The highest BCUT2D eigenvalue weighted by Gasteiger charge is 2.51. The Balaban J connectivity index is 1.30. The fourth-order valence-corrected chi connectivity index (χ4v) is 5.30. The fourth-order valence-electron chi connectivity index (χ4n) is 3.75. The Kier molecular flexibility index (Phi) is 4.52. The van der Waals surface area contributed by atoms with E-state index in [1.165, 1.54) is 0 Å². The topological polar surface area (TPSA) is 68.5 Å². The lowest BCUT2D eigenvalue weighted by atomic mass is 9.92. The zero-order valence-corrected chi connectivity index (χ0v) is 16.1. The van der Waals surface area contributed by atoms with Crippen molar-refractivity contribution in [1.82, 2.24) is 15.0 Å². The number of carbonyl (C=O) groups excluding carboxylic acids is 1. The Hall–Kier alpha value is -1.86. The van der Waals surface area contributed by atoms with Gasteiger partial charge in [-0.3, -0.25) is 9.78 Å². The van der Waals surface area contributed by atoms with Gasteiger partial charge in [0, 0.05) is 24.5 Å². The van der Waals surface area contributed by atoms with Gasteiger partial charge in [-0.2, -0.15) is 0 Å². The van der Waals surface area contributed by atoms with E-state index >= 15 is 0 Å². The Morgan fingerprint density at radius 3 is 2.88 bits per heavy atom. The fraction of sp³-hybridized carbons (Fsp3) is 0.526. The molecule has 2 aromatic rings. The zero-order valence-electron chi connectivity index (χ0n) is 15.3. The minimum Gasteiger partial charge on any atom is -0.371 e. The van der Waals surface area contributed by atoms with Crippen molar-refractivity contribution in [2.24, 2.45) is 0 Å². The second-order valence-corrected chi connectivity index (χ2v) is 8.75. The first-order valence-electron chi connectivity index (χ1n) is 8.86. The predicted molar refractivity (Wildman–Crippen MR) is 99.2 cm³/mol. The van der Waals surface area contributed by atoms with Crippen LogP contribution in [0, 0.1) is 20.8 Å². The first kappa shape index (κ1) is 17.5. The van der Waals surface area contributed by atoms with Crippen LogP contribution >= 0.6 is 11.8 Å². The van der Waals surface area contributed by atoms with E-state index in [2.05, 4.69) is 10.1 Å². The molecular formula is C19H23N3O3S. The third kappa shape index (κ3) is 3.25. The smallest absolute Gasteiger partial charge is 0.259 e. The van der Waals surface area contributed by atoms with Gasteiger partial charge in [-0.1, -0.05) is 11.2 Å². The summed E-state index contributed by atoms with van der Waals surface area (Å²) in [6, 6.07) is 6.00. The van der Waals surface area contributed by atoms with Gasteiger partial charge in [-0.05, 0) is 39.3 Å². The monoisotopic (exact) mass is 373 g/mol. The molecule has 6 nitrogen and oxygen atoms in total. The number of aromatic nitrogens is 2. The molecule has 2 aliphatic rings. The molecular weight excluding hydrogens is 350 g/mol. The number of hydrogen-bond acceptors (Lipinski definition) is 6. The summed E-state index contributed by atoms with van der Waals surface area (Å²) in [4.78, 5) is 19.0. The molecule has 4 rings (SSSR count). The van der Waals surface area contributed by atoms with Gasteiger partial charge in [-0.15, -0.1) is 11.8 Å². The van der Waals surface area contributed by atoms with Crippen LogP contribution in [0.2, 0.25) is 0 Å². The Bertz CT molecular complexity index is 810. The number of hydrogen-bond donors (Lipinski definition) is 0. The lowest BCUT2D eigenvalue weighted by molar-refractivity contribution is 0.0244. The van der Waals surface area contributed by atoms with Crippen LogP contribution in [0.4, 0.5) is 0 Å². The number of ether oxygens (including phenoxy) is 1. The number of pyridine rings is 1. The highest BCUT2D eigenvalue weighted by Crippen LogP contribution is 2.46. The molecule has 1 atom stereocenters. The van der Waals surface area contributed by atoms with E-state index in [0.29, 0.717) is 23.6 Å². The molecule has 7 heteroatoms. The van der Waals surface area contributed by atoms with Crippen LogP contribution in [0.1, 0.15) is 39.6 Å². The average molecular weight is 373 g/mol.